The number of carbonyl (C=O) groups excluding carboxylic acids is 3. The standard InChI is InChI=1S/C16H22N2O.C14H18N2O.C9H18N2O.6C2H6.2CH4.I2/c1-17-6-8-18(9-7-17)12-13-10-14-4-2-3-5-15(14)16(19)11-13;1-15-8-6-12(7-9-15)16-10-11-4-2-3-5-13(11)14(16)17;1-8(12)11(3)9-4-6-10(2)7-5-9;6*1-2;;;1-2/h2-5,13H,6-12H2,1H3;2-5,12H,6-10H2,1H3;9H,4-7H2,1-3H3;6*1-2H3;2*1H4;. The predicted octanol–water partition coefficient (Wildman–Crippen LogP) is 13.2. The van der Waals surface area contributed by atoms with Gasteiger partial charge in [-0.1, -0.05) is 140 Å². The second-order valence-electron chi connectivity index (χ2n) is 14.7. The molecule has 4 aliphatic heterocycles. The summed E-state index contributed by atoms with van der Waals surface area (Å²) in [5.74, 6) is 1.26. The molecule has 0 N–H and O–H groups in total. The van der Waals surface area contributed by atoms with E-state index in [9.17, 15) is 14.4 Å². The van der Waals surface area contributed by atoms with Crippen LogP contribution in [0.4, 0.5) is 0 Å². The summed E-state index contributed by atoms with van der Waals surface area (Å²) < 4.78 is 0. The second kappa shape index (κ2) is 45.1. The molecule has 5 aliphatic rings. The summed E-state index contributed by atoms with van der Waals surface area (Å²) in [6, 6.07) is 17.0. The van der Waals surface area contributed by atoms with Gasteiger partial charge in [0.2, 0.25) is 5.91 Å². The number of piperidine rings is 2. The SMILES string of the molecule is C.C.CC.CC.CC.CC.CC.CC.CC(=O)N(C)C1CCN(C)CC1.CN1CCC(N2Cc3ccccc3C2=O)CC1.CN1CCN(CC2CC(=O)c3ccccc3C2)CC1.II. The number of fused-ring (bicyclic) bond motifs is 2. The first-order chi connectivity index (χ1) is 30.1. The molecule has 1 unspecified atom stereocenters. The van der Waals surface area contributed by atoms with Crippen LogP contribution in [0.25, 0.3) is 0 Å². The van der Waals surface area contributed by atoms with E-state index in [4.69, 9.17) is 0 Å². The molecular weight excluding hydrogens is 1020 g/mol. The first-order valence-electron chi connectivity index (χ1n) is 24.2. The van der Waals surface area contributed by atoms with Gasteiger partial charge in [0, 0.05) is 120 Å². The number of Topliss-reactive ketones (excluding diaryl/α,β-unsaturated/α-hetero) is 1. The Kier molecular flexibility index (Phi) is 50.3. The highest BCUT2D eigenvalue weighted by Gasteiger charge is 2.33. The number of piperazine rings is 1. The fourth-order valence-electron chi connectivity index (χ4n) is 7.77. The summed E-state index contributed by atoms with van der Waals surface area (Å²) in [7, 11) is 8.36. The monoisotopic (exact) mass is 1120 g/mol. The Morgan fingerprint density at radius 1 is 0.594 bits per heavy atom. The minimum atomic E-state index is 0. The van der Waals surface area contributed by atoms with Crippen LogP contribution < -0.4 is 0 Å². The van der Waals surface area contributed by atoms with Gasteiger partial charge >= 0.3 is 0 Å². The minimum absolute atomic E-state index is 0. The number of carbonyl (C=O) groups is 3. The molecule has 1 aliphatic carbocycles. The number of ketones is 1. The summed E-state index contributed by atoms with van der Waals surface area (Å²) >= 11 is 4.24. The van der Waals surface area contributed by atoms with Gasteiger partial charge in [0.15, 0.2) is 5.78 Å². The highest BCUT2D eigenvalue weighted by Crippen LogP contribution is 2.28. The Balaban J connectivity index is -0.000000239. The molecule has 1 atom stereocenters. The molecule has 64 heavy (non-hydrogen) atoms. The van der Waals surface area contributed by atoms with Gasteiger partial charge < -0.3 is 29.4 Å². The van der Waals surface area contributed by atoms with Crippen molar-refractivity contribution >= 4 is 54.8 Å². The lowest BCUT2D eigenvalue weighted by molar-refractivity contribution is -0.130. The molecule has 0 bridgehead atoms. The highest BCUT2D eigenvalue weighted by atomic mass is 128. The summed E-state index contributed by atoms with van der Waals surface area (Å²) in [5, 5.41) is 0. The van der Waals surface area contributed by atoms with Crippen LogP contribution >= 0.6 is 37.2 Å². The van der Waals surface area contributed by atoms with Gasteiger partial charge in [-0.25, -0.2) is 0 Å². The van der Waals surface area contributed by atoms with Crippen molar-refractivity contribution in [2.75, 3.05) is 87.1 Å². The van der Waals surface area contributed by atoms with Crippen molar-refractivity contribution in [2.24, 2.45) is 5.92 Å². The quantitative estimate of drug-likeness (QED) is 0.283. The van der Waals surface area contributed by atoms with Crippen molar-refractivity contribution in [2.45, 2.75) is 162 Å². The third-order valence-electron chi connectivity index (χ3n) is 11.1. The number of rotatable bonds is 4. The molecular formula is C53H102I2N6O3. The number of benzene rings is 2. The molecule has 4 heterocycles. The van der Waals surface area contributed by atoms with Crippen molar-refractivity contribution in [3.63, 3.8) is 0 Å². The molecule has 376 valence electrons. The molecule has 7 rings (SSSR count). The fourth-order valence-corrected chi connectivity index (χ4v) is 7.77. The number of hydrogen-bond acceptors (Lipinski definition) is 7. The molecule has 0 spiro atoms. The molecule has 3 fully saturated rings. The van der Waals surface area contributed by atoms with Gasteiger partial charge in [-0.2, -0.15) is 0 Å². The van der Waals surface area contributed by atoms with E-state index < -0.39 is 0 Å². The maximum Gasteiger partial charge on any atom is 0.254 e. The largest absolute Gasteiger partial charge is 0.343 e. The van der Waals surface area contributed by atoms with Crippen LogP contribution in [0.5, 0.6) is 0 Å². The summed E-state index contributed by atoms with van der Waals surface area (Å²) in [5.41, 5.74) is 4.30. The summed E-state index contributed by atoms with van der Waals surface area (Å²) in [6.07, 6.45) is 6.24. The van der Waals surface area contributed by atoms with Crippen molar-refractivity contribution < 1.29 is 14.4 Å². The Morgan fingerprint density at radius 2 is 1.00 bits per heavy atom. The van der Waals surface area contributed by atoms with Crippen LogP contribution in [0.2, 0.25) is 0 Å². The predicted molar refractivity (Wildman–Crippen MR) is 302 cm³/mol. The van der Waals surface area contributed by atoms with Crippen LogP contribution in [0.15, 0.2) is 48.5 Å². The van der Waals surface area contributed by atoms with Gasteiger partial charge in [0.1, 0.15) is 0 Å². The van der Waals surface area contributed by atoms with Crippen molar-refractivity contribution in [3.8, 4) is 0 Å². The van der Waals surface area contributed by atoms with E-state index >= 15 is 0 Å². The van der Waals surface area contributed by atoms with E-state index in [0.29, 0.717) is 23.8 Å². The number of nitrogens with zero attached hydrogens (tertiary/aromatic N) is 6. The van der Waals surface area contributed by atoms with E-state index in [-0.39, 0.29) is 26.7 Å². The summed E-state index contributed by atoms with van der Waals surface area (Å²) in [4.78, 5) is 49.0. The molecule has 9 nitrogen and oxygen atoms in total. The molecule has 0 saturated carbocycles. The van der Waals surface area contributed by atoms with Crippen LogP contribution in [0, 0.1) is 5.92 Å². The topological polar surface area (TPSA) is 70.7 Å². The van der Waals surface area contributed by atoms with Crippen molar-refractivity contribution in [1.82, 2.24) is 29.4 Å². The minimum Gasteiger partial charge on any atom is -0.343 e. The maximum absolute atomic E-state index is 12.3. The van der Waals surface area contributed by atoms with Crippen LogP contribution in [-0.2, 0) is 17.8 Å². The van der Waals surface area contributed by atoms with Gasteiger partial charge in [-0.3, -0.25) is 14.4 Å². The third-order valence-corrected chi connectivity index (χ3v) is 11.1. The van der Waals surface area contributed by atoms with Gasteiger partial charge in [0.25, 0.3) is 5.91 Å². The number of halogens is 2. The zero-order chi connectivity index (χ0) is 48.2. The average molecular weight is 1130 g/mol. The van der Waals surface area contributed by atoms with E-state index in [0.717, 1.165) is 115 Å². The molecule has 3 saturated heterocycles. The van der Waals surface area contributed by atoms with Crippen LogP contribution in [0.1, 0.15) is 169 Å². The fraction of sp³-hybridized carbons (Fsp3) is 0.717. The first kappa shape index (κ1) is 71.4. The average Bonchev–Trinajstić information content (AvgIpc) is 3.68. The maximum atomic E-state index is 12.3. The van der Waals surface area contributed by atoms with Gasteiger partial charge in [0.05, 0.1) is 0 Å². The zero-order valence-electron chi connectivity index (χ0n) is 42.8. The molecule has 2 aromatic carbocycles. The Hall–Kier alpha value is -1.65. The number of likely N-dealkylation sites (tertiary alicyclic amines) is 2. The van der Waals surface area contributed by atoms with E-state index in [1.165, 1.54) is 11.1 Å². The smallest absolute Gasteiger partial charge is 0.254 e. The number of amides is 2. The van der Waals surface area contributed by atoms with Gasteiger partial charge in [-0.15, -0.1) is 0 Å². The molecule has 0 radical (unpaired) electrons. The normalized spacial score (nSPS) is 17.9. The van der Waals surface area contributed by atoms with Crippen LogP contribution in [-0.4, -0.2) is 146 Å². The molecule has 11 heteroatoms. The molecule has 2 amide bonds. The highest BCUT2D eigenvalue weighted by molar-refractivity contribution is 15.0. The Morgan fingerprint density at radius 3 is 1.45 bits per heavy atom. The lowest BCUT2D eigenvalue weighted by atomic mass is 9.83. The Bertz CT molecular complexity index is 1390. The molecule has 0 aromatic heterocycles. The lowest BCUT2D eigenvalue weighted by Gasteiger charge is -2.35. The summed E-state index contributed by atoms with van der Waals surface area (Å²) in [6.45, 7) is 36.5. The van der Waals surface area contributed by atoms with Crippen molar-refractivity contribution in [1.29, 1.82) is 0 Å². The number of likely N-dealkylation sites (N-methyl/N-ethyl adjacent to an activating group) is 1. The van der Waals surface area contributed by atoms with E-state index in [1.807, 2.05) is 131 Å². The van der Waals surface area contributed by atoms with E-state index in [1.54, 1.807) is 6.92 Å². The first-order valence-corrected chi connectivity index (χ1v) is 30.5. The Labute approximate surface area is 421 Å². The third kappa shape index (κ3) is 26.0. The van der Waals surface area contributed by atoms with Crippen LogP contribution in [0.3, 0.4) is 0 Å². The lowest BCUT2D eigenvalue weighted by Crippen LogP contribution is -2.46. The molecule has 2 aromatic rings. The second-order valence-corrected chi connectivity index (χ2v) is 14.7. The van der Waals surface area contributed by atoms with Gasteiger partial charge in [-0.05, 0) is 103 Å². The zero-order valence-corrected chi connectivity index (χ0v) is 47.1. The van der Waals surface area contributed by atoms with Crippen molar-refractivity contribution in [3.05, 3.63) is 70.8 Å². The number of hydrogen-bond donors (Lipinski definition) is 0. The van der Waals surface area contributed by atoms with E-state index in [2.05, 4.69) is 95.0 Å².